The van der Waals surface area contributed by atoms with E-state index in [1.807, 2.05) is 45.3 Å². The van der Waals surface area contributed by atoms with Crippen molar-refractivity contribution in [3.63, 3.8) is 0 Å². The van der Waals surface area contributed by atoms with E-state index >= 15 is 0 Å². The summed E-state index contributed by atoms with van der Waals surface area (Å²) in [6.07, 6.45) is 0. The van der Waals surface area contributed by atoms with Crippen LogP contribution in [0, 0.1) is 0 Å². The summed E-state index contributed by atoms with van der Waals surface area (Å²) in [6, 6.07) is 20.4. The number of thiophene rings is 4. The van der Waals surface area contributed by atoms with Crippen molar-refractivity contribution < 1.29 is 0 Å². The van der Waals surface area contributed by atoms with Crippen molar-refractivity contribution >= 4 is 76.3 Å². The minimum atomic E-state index is 1.33. The smallest absolute Gasteiger partial charge is 0.0541 e. The molecule has 124 valence electrons. The van der Waals surface area contributed by atoms with E-state index in [9.17, 15) is 0 Å². The van der Waals surface area contributed by atoms with Crippen molar-refractivity contribution in [1.82, 2.24) is 0 Å². The molecule has 0 atom stereocenters. The van der Waals surface area contributed by atoms with Crippen LogP contribution < -0.4 is 0 Å². The van der Waals surface area contributed by atoms with Crippen LogP contribution in [0.2, 0.25) is 0 Å². The normalized spacial score (nSPS) is 11.8. The van der Waals surface area contributed by atoms with Gasteiger partial charge in [0.25, 0.3) is 0 Å². The Morgan fingerprint density at radius 3 is 2.15 bits per heavy atom. The third-order valence-electron chi connectivity index (χ3n) is 4.73. The van der Waals surface area contributed by atoms with E-state index in [-0.39, 0.29) is 0 Å². The van der Waals surface area contributed by atoms with Gasteiger partial charge in [0.1, 0.15) is 0 Å². The van der Waals surface area contributed by atoms with Crippen molar-refractivity contribution in [1.29, 1.82) is 0 Å². The van der Waals surface area contributed by atoms with Gasteiger partial charge < -0.3 is 0 Å². The molecule has 0 fully saturated rings. The molecule has 0 spiro atoms. The van der Waals surface area contributed by atoms with Gasteiger partial charge in [0.15, 0.2) is 0 Å². The fourth-order valence-electron chi connectivity index (χ4n) is 3.55. The van der Waals surface area contributed by atoms with Gasteiger partial charge in [-0.1, -0.05) is 12.1 Å². The van der Waals surface area contributed by atoms with Crippen molar-refractivity contribution in [2.75, 3.05) is 0 Å². The average Bonchev–Trinajstić information content (AvgIpc) is 3.43. The molecule has 0 bridgehead atoms. The zero-order valence-electron chi connectivity index (χ0n) is 13.6. The van der Waals surface area contributed by atoms with Gasteiger partial charge in [-0.05, 0) is 74.8 Å². The molecule has 0 N–H and O–H groups in total. The summed E-state index contributed by atoms with van der Waals surface area (Å²) >= 11 is 7.40. The molecule has 0 radical (unpaired) electrons. The zero-order valence-corrected chi connectivity index (χ0v) is 16.8. The van der Waals surface area contributed by atoms with E-state index in [2.05, 4.69) is 70.7 Å². The van der Waals surface area contributed by atoms with Crippen LogP contribution in [0.4, 0.5) is 0 Å². The molecule has 0 unspecified atom stereocenters. The molecule has 0 aliphatic rings. The number of benzene rings is 2. The first kappa shape index (κ1) is 15.1. The SMILES string of the molecule is c1csc(-c2sc3cc4cc5ccsc5cc4cc3c2-c2cccs2)c1. The minimum absolute atomic E-state index is 1.33. The lowest BCUT2D eigenvalue weighted by Crippen LogP contribution is -1.76. The molecule has 4 aromatic heterocycles. The Kier molecular flexibility index (Phi) is 3.35. The van der Waals surface area contributed by atoms with Gasteiger partial charge in [-0.3, -0.25) is 0 Å². The van der Waals surface area contributed by atoms with E-state index in [0.29, 0.717) is 0 Å². The highest BCUT2D eigenvalue weighted by Crippen LogP contribution is 2.48. The number of hydrogen-bond acceptors (Lipinski definition) is 4. The molecule has 6 aromatic rings. The molecular weight excluding hydrogens is 393 g/mol. The standard InChI is InChI=1S/C22H12S4/c1-3-17(23-6-1)21-16-10-15-11-19-13(5-8-25-19)9-14(15)12-20(16)26-22(21)18-4-2-7-24-18/h1-12H. The first-order chi connectivity index (χ1) is 12.9. The molecular formula is C22H12S4. The summed E-state index contributed by atoms with van der Waals surface area (Å²) in [5.41, 5.74) is 1.40. The molecule has 6 rings (SSSR count). The fourth-order valence-corrected chi connectivity index (χ4v) is 7.33. The van der Waals surface area contributed by atoms with E-state index < -0.39 is 0 Å². The molecule has 0 saturated carbocycles. The average molecular weight is 405 g/mol. The van der Waals surface area contributed by atoms with Crippen LogP contribution in [-0.2, 0) is 0 Å². The molecule has 0 nitrogen and oxygen atoms in total. The summed E-state index contributed by atoms with van der Waals surface area (Å²) in [7, 11) is 0. The number of hydrogen-bond donors (Lipinski definition) is 0. The van der Waals surface area contributed by atoms with Gasteiger partial charge in [-0.15, -0.1) is 45.3 Å². The fraction of sp³-hybridized carbons (Fsp3) is 0. The van der Waals surface area contributed by atoms with E-state index in [0.717, 1.165) is 0 Å². The van der Waals surface area contributed by atoms with Crippen LogP contribution in [0.3, 0.4) is 0 Å². The van der Waals surface area contributed by atoms with Gasteiger partial charge >= 0.3 is 0 Å². The van der Waals surface area contributed by atoms with Gasteiger partial charge in [-0.2, -0.15) is 0 Å². The molecule has 0 amide bonds. The zero-order chi connectivity index (χ0) is 17.1. The Morgan fingerprint density at radius 2 is 1.35 bits per heavy atom. The molecule has 4 heterocycles. The second kappa shape index (κ2) is 5.76. The Labute approximate surface area is 166 Å². The highest BCUT2D eigenvalue weighted by Gasteiger charge is 2.18. The summed E-state index contributed by atoms with van der Waals surface area (Å²) in [5, 5.41) is 11.9. The molecule has 26 heavy (non-hydrogen) atoms. The van der Waals surface area contributed by atoms with Crippen molar-refractivity contribution in [3.8, 4) is 20.2 Å². The van der Waals surface area contributed by atoms with Crippen molar-refractivity contribution in [2.24, 2.45) is 0 Å². The molecule has 0 aliphatic carbocycles. The lowest BCUT2D eigenvalue weighted by atomic mass is 10.0. The summed E-state index contributed by atoms with van der Waals surface area (Å²) in [4.78, 5) is 4.12. The monoisotopic (exact) mass is 404 g/mol. The molecule has 2 aromatic carbocycles. The molecule has 4 heteroatoms. The maximum atomic E-state index is 2.40. The summed E-state index contributed by atoms with van der Waals surface area (Å²) < 4.78 is 2.74. The van der Waals surface area contributed by atoms with Gasteiger partial charge in [-0.25, -0.2) is 0 Å². The van der Waals surface area contributed by atoms with Crippen molar-refractivity contribution in [2.45, 2.75) is 0 Å². The van der Waals surface area contributed by atoms with Crippen LogP contribution in [0.15, 0.2) is 70.7 Å². The van der Waals surface area contributed by atoms with Gasteiger partial charge in [0.2, 0.25) is 0 Å². The highest BCUT2D eigenvalue weighted by molar-refractivity contribution is 7.27. The lowest BCUT2D eigenvalue weighted by molar-refractivity contribution is 1.88. The number of rotatable bonds is 2. The number of fused-ring (bicyclic) bond motifs is 3. The van der Waals surface area contributed by atoms with Crippen LogP contribution in [0.5, 0.6) is 0 Å². The Hall–Kier alpha value is -1.98. The maximum absolute atomic E-state index is 2.40. The van der Waals surface area contributed by atoms with Crippen LogP contribution >= 0.6 is 45.3 Å². The second-order valence-electron chi connectivity index (χ2n) is 6.27. The van der Waals surface area contributed by atoms with E-state index in [4.69, 9.17) is 0 Å². The van der Waals surface area contributed by atoms with E-state index in [1.165, 1.54) is 51.1 Å². The van der Waals surface area contributed by atoms with Crippen LogP contribution in [0.1, 0.15) is 0 Å². The quantitative estimate of drug-likeness (QED) is 0.271. The topological polar surface area (TPSA) is 0 Å². The van der Waals surface area contributed by atoms with E-state index in [1.54, 1.807) is 0 Å². The molecule has 0 aliphatic heterocycles. The Balaban J connectivity index is 1.75. The van der Waals surface area contributed by atoms with Gasteiger partial charge in [0.05, 0.1) is 4.88 Å². The highest BCUT2D eigenvalue weighted by atomic mass is 32.1. The summed E-state index contributed by atoms with van der Waals surface area (Å²) in [6.45, 7) is 0. The lowest BCUT2D eigenvalue weighted by Gasteiger charge is -2.03. The Morgan fingerprint density at radius 1 is 0.577 bits per heavy atom. The predicted molar refractivity (Wildman–Crippen MR) is 121 cm³/mol. The minimum Gasteiger partial charge on any atom is -0.144 e. The maximum Gasteiger partial charge on any atom is 0.0541 e. The van der Waals surface area contributed by atoms with Crippen molar-refractivity contribution in [3.05, 3.63) is 70.7 Å². The van der Waals surface area contributed by atoms with Gasteiger partial charge in [0, 0.05) is 30.1 Å². The van der Waals surface area contributed by atoms with Crippen LogP contribution in [-0.4, -0.2) is 0 Å². The third kappa shape index (κ3) is 2.23. The predicted octanol–water partition coefficient (Wildman–Crippen LogP) is 8.73. The molecule has 0 saturated heterocycles. The summed E-state index contributed by atoms with van der Waals surface area (Å²) in [5.74, 6) is 0. The largest absolute Gasteiger partial charge is 0.144 e. The first-order valence-electron chi connectivity index (χ1n) is 8.32. The second-order valence-corrected chi connectivity index (χ2v) is 10.2. The van der Waals surface area contributed by atoms with Crippen LogP contribution in [0.25, 0.3) is 51.1 Å². The third-order valence-corrected chi connectivity index (χ3v) is 8.70. The Bertz CT molecular complexity index is 1360. The first-order valence-corrected chi connectivity index (χ1v) is 11.8.